The summed E-state index contributed by atoms with van der Waals surface area (Å²) in [5.74, 6) is 0.397. The lowest BCUT2D eigenvalue weighted by molar-refractivity contribution is -0.127. The van der Waals surface area contributed by atoms with Gasteiger partial charge in [0.05, 0.1) is 0 Å². The highest BCUT2D eigenvalue weighted by Gasteiger charge is 2.48. The van der Waals surface area contributed by atoms with Gasteiger partial charge in [0.2, 0.25) is 5.91 Å². The second kappa shape index (κ2) is 6.25. The molecule has 0 radical (unpaired) electrons. The zero-order valence-corrected chi connectivity index (χ0v) is 15.9. The predicted molar refractivity (Wildman–Crippen MR) is 91.0 cm³/mol. The summed E-state index contributed by atoms with van der Waals surface area (Å²) in [6.45, 7) is 10.8. The molecule has 0 spiro atoms. The van der Waals surface area contributed by atoms with E-state index in [4.69, 9.17) is 4.43 Å². The number of carbonyl (C=O) groups excluding carboxylic acids is 1. The molecule has 0 aromatic rings. The van der Waals surface area contributed by atoms with Crippen LogP contribution >= 0.6 is 0 Å². The van der Waals surface area contributed by atoms with Crippen molar-refractivity contribution in [2.24, 2.45) is 5.92 Å². The highest BCUT2D eigenvalue weighted by molar-refractivity contribution is 6.74. The van der Waals surface area contributed by atoms with Gasteiger partial charge in [-0.05, 0) is 30.5 Å². The number of rotatable bonds is 4. The van der Waals surface area contributed by atoms with Gasteiger partial charge in [-0.25, -0.2) is 0 Å². The van der Waals surface area contributed by atoms with E-state index in [1.165, 1.54) is 32.1 Å². The summed E-state index contributed by atoms with van der Waals surface area (Å²) in [7, 11) is -2.00. The minimum absolute atomic E-state index is 0.0668. The molecule has 22 heavy (non-hydrogen) atoms. The van der Waals surface area contributed by atoms with E-state index in [9.17, 15) is 9.90 Å². The normalized spacial score (nSPS) is 31.4. The van der Waals surface area contributed by atoms with Crippen LogP contribution in [-0.2, 0) is 9.22 Å². The van der Waals surface area contributed by atoms with Gasteiger partial charge in [0, 0.05) is 6.42 Å². The molecule has 1 heterocycles. The first-order valence-electron chi connectivity index (χ1n) is 8.75. The van der Waals surface area contributed by atoms with E-state index in [1.807, 2.05) is 0 Å². The number of amides is 1. The molecular weight excluding hydrogens is 294 g/mol. The first-order chi connectivity index (χ1) is 10.0. The summed E-state index contributed by atoms with van der Waals surface area (Å²) in [5.41, 5.74) is -1.06. The molecule has 0 aromatic heterocycles. The van der Waals surface area contributed by atoms with E-state index < -0.39 is 20.1 Å². The fourth-order valence-corrected chi connectivity index (χ4v) is 4.65. The summed E-state index contributed by atoms with van der Waals surface area (Å²) in [4.78, 5) is 12.3. The maximum absolute atomic E-state index is 12.3. The fourth-order valence-electron chi connectivity index (χ4n) is 3.39. The van der Waals surface area contributed by atoms with Crippen molar-refractivity contribution < 1.29 is 14.3 Å². The molecule has 2 fully saturated rings. The van der Waals surface area contributed by atoms with Crippen LogP contribution in [0.25, 0.3) is 0 Å². The molecule has 1 unspecified atom stereocenters. The Labute approximate surface area is 136 Å². The molecule has 1 aliphatic heterocycles. The van der Waals surface area contributed by atoms with Gasteiger partial charge in [-0.15, -0.1) is 0 Å². The average Bonchev–Trinajstić information content (AvgIpc) is 2.63. The van der Waals surface area contributed by atoms with Crippen molar-refractivity contribution in [1.29, 1.82) is 0 Å². The van der Waals surface area contributed by atoms with E-state index >= 15 is 0 Å². The van der Waals surface area contributed by atoms with Crippen LogP contribution in [0.5, 0.6) is 0 Å². The van der Waals surface area contributed by atoms with Crippen LogP contribution in [0.3, 0.4) is 0 Å². The third-order valence-electron chi connectivity index (χ3n) is 5.77. The third kappa shape index (κ3) is 4.12. The number of hydrogen-bond donors (Lipinski definition) is 2. The quantitative estimate of drug-likeness (QED) is 0.776. The summed E-state index contributed by atoms with van der Waals surface area (Å²) >= 11 is 0. The van der Waals surface area contributed by atoms with Crippen LogP contribution in [0.1, 0.15) is 65.7 Å². The van der Waals surface area contributed by atoms with Crippen molar-refractivity contribution in [3.63, 3.8) is 0 Å². The summed E-state index contributed by atoms with van der Waals surface area (Å²) < 4.78 is 6.23. The van der Waals surface area contributed by atoms with Crippen LogP contribution < -0.4 is 5.32 Å². The van der Waals surface area contributed by atoms with Crippen LogP contribution in [0, 0.1) is 5.92 Å². The highest BCUT2D eigenvalue weighted by atomic mass is 28.4. The minimum atomic E-state index is -2.00. The Morgan fingerprint density at radius 1 is 1.27 bits per heavy atom. The minimum Gasteiger partial charge on any atom is -0.405 e. The van der Waals surface area contributed by atoms with E-state index in [1.54, 1.807) is 0 Å². The largest absolute Gasteiger partial charge is 0.405 e. The van der Waals surface area contributed by atoms with E-state index in [0.29, 0.717) is 18.8 Å². The molecule has 2 N–H and O–H groups in total. The van der Waals surface area contributed by atoms with E-state index in [0.717, 1.165) is 0 Å². The topological polar surface area (TPSA) is 58.6 Å². The van der Waals surface area contributed by atoms with Gasteiger partial charge < -0.3 is 14.8 Å². The lowest BCUT2D eigenvalue weighted by Crippen LogP contribution is -2.45. The van der Waals surface area contributed by atoms with Crippen molar-refractivity contribution in [3.8, 4) is 0 Å². The molecule has 1 amide bonds. The Bertz CT molecular complexity index is 413. The molecule has 4 nitrogen and oxygen atoms in total. The smallest absolute Gasteiger partial charge is 0.250 e. The van der Waals surface area contributed by atoms with Gasteiger partial charge in [0.15, 0.2) is 8.32 Å². The Balaban J connectivity index is 1.97. The standard InChI is InChI=1S/C17H33NO3Si/c1-16(2,3)22(4,5)21-14-12-17(20,18-15(14)19)11-13-9-7-6-8-10-13/h13-14,20H,6-12H2,1-5H3,(H,18,19)/t14-,17?/m0/s1. The van der Waals surface area contributed by atoms with Crippen LogP contribution in [0.4, 0.5) is 0 Å². The summed E-state index contributed by atoms with van der Waals surface area (Å²) in [5, 5.41) is 13.7. The molecule has 2 aliphatic rings. The molecule has 1 saturated heterocycles. The predicted octanol–water partition coefficient (Wildman–Crippen LogP) is 3.56. The molecule has 1 aliphatic carbocycles. The molecule has 2 rings (SSSR count). The monoisotopic (exact) mass is 327 g/mol. The van der Waals surface area contributed by atoms with Gasteiger partial charge >= 0.3 is 0 Å². The fraction of sp³-hybridized carbons (Fsp3) is 0.941. The van der Waals surface area contributed by atoms with Gasteiger partial charge in [-0.1, -0.05) is 52.9 Å². The maximum Gasteiger partial charge on any atom is 0.250 e. The Hall–Kier alpha value is -0.393. The number of nitrogens with one attached hydrogen (secondary N) is 1. The molecular formula is C17H33NO3Si. The van der Waals surface area contributed by atoms with Gasteiger partial charge in [-0.3, -0.25) is 4.79 Å². The lowest BCUT2D eigenvalue weighted by atomic mass is 9.83. The Kier molecular flexibility index (Phi) is 5.10. The van der Waals surface area contributed by atoms with Gasteiger partial charge in [-0.2, -0.15) is 0 Å². The van der Waals surface area contributed by atoms with Gasteiger partial charge in [0.25, 0.3) is 0 Å². The summed E-state index contributed by atoms with van der Waals surface area (Å²) in [6, 6.07) is 0. The highest BCUT2D eigenvalue weighted by Crippen LogP contribution is 2.40. The molecule has 1 saturated carbocycles. The van der Waals surface area contributed by atoms with Crippen LogP contribution in [0.2, 0.25) is 18.1 Å². The summed E-state index contributed by atoms with van der Waals surface area (Å²) in [6.07, 6.45) is 6.73. The number of hydrogen-bond acceptors (Lipinski definition) is 3. The van der Waals surface area contributed by atoms with Crippen molar-refractivity contribution in [3.05, 3.63) is 0 Å². The first kappa shape index (κ1) is 18.0. The first-order valence-corrected chi connectivity index (χ1v) is 11.7. The number of carbonyl (C=O) groups is 1. The van der Waals surface area contributed by atoms with Gasteiger partial charge in [0.1, 0.15) is 11.8 Å². The molecule has 2 atom stereocenters. The molecule has 0 bridgehead atoms. The maximum atomic E-state index is 12.3. The van der Waals surface area contributed by atoms with Crippen molar-refractivity contribution in [2.45, 2.75) is 95.7 Å². The van der Waals surface area contributed by atoms with E-state index in [2.05, 4.69) is 39.2 Å². The zero-order chi connectivity index (χ0) is 16.6. The zero-order valence-electron chi connectivity index (χ0n) is 14.9. The lowest BCUT2D eigenvalue weighted by Gasteiger charge is -2.38. The average molecular weight is 328 g/mol. The molecule has 128 valence electrons. The third-order valence-corrected chi connectivity index (χ3v) is 10.3. The van der Waals surface area contributed by atoms with Crippen LogP contribution in [-0.4, -0.2) is 31.2 Å². The van der Waals surface area contributed by atoms with Crippen molar-refractivity contribution >= 4 is 14.2 Å². The molecule has 0 aromatic carbocycles. The second-order valence-electron chi connectivity index (χ2n) is 8.80. The van der Waals surface area contributed by atoms with Crippen molar-refractivity contribution in [2.75, 3.05) is 0 Å². The Morgan fingerprint density at radius 3 is 2.41 bits per heavy atom. The van der Waals surface area contributed by atoms with Crippen LogP contribution in [0.15, 0.2) is 0 Å². The van der Waals surface area contributed by atoms with E-state index in [-0.39, 0.29) is 10.9 Å². The SMILES string of the molecule is CC(C)(C)[Si](C)(C)O[C@H]1CC(O)(CC2CCCCC2)NC1=O. The number of aliphatic hydroxyl groups is 1. The Morgan fingerprint density at radius 2 is 1.86 bits per heavy atom. The van der Waals surface area contributed by atoms with Crippen molar-refractivity contribution in [1.82, 2.24) is 5.32 Å². The molecule has 5 heteroatoms. The second-order valence-corrected chi connectivity index (χ2v) is 13.6.